The van der Waals surface area contributed by atoms with Gasteiger partial charge in [-0.2, -0.15) is 0 Å². The average Bonchev–Trinajstić information content (AvgIpc) is 2.52. The number of rotatable bonds is 7. The molecule has 0 aliphatic rings. The predicted octanol–water partition coefficient (Wildman–Crippen LogP) is 3.24. The normalized spacial score (nSPS) is 12.1. The molecular formula is C16H21N3OS. The van der Waals surface area contributed by atoms with E-state index in [0.717, 1.165) is 23.1 Å². The highest BCUT2D eigenvalue weighted by atomic mass is 32.2. The maximum absolute atomic E-state index is 5.50. The van der Waals surface area contributed by atoms with Gasteiger partial charge >= 0.3 is 0 Å². The number of nitrogens with one attached hydrogen (secondary N) is 1. The lowest BCUT2D eigenvalue weighted by Gasteiger charge is -2.21. The molecule has 21 heavy (non-hydrogen) atoms. The van der Waals surface area contributed by atoms with E-state index < -0.39 is 0 Å². The van der Waals surface area contributed by atoms with Gasteiger partial charge in [0.2, 0.25) is 0 Å². The van der Waals surface area contributed by atoms with Gasteiger partial charge in [0.15, 0.2) is 0 Å². The van der Waals surface area contributed by atoms with Gasteiger partial charge in [0, 0.05) is 23.6 Å². The zero-order valence-electron chi connectivity index (χ0n) is 12.7. The van der Waals surface area contributed by atoms with Crippen molar-refractivity contribution in [2.24, 2.45) is 0 Å². The fourth-order valence-corrected chi connectivity index (χ4v) is 3.08. The molecule has 1 aromatic carbocycles. The van der Waals surface area contributed by atoms with Gasteiger partial charge in [-0.1, -0.05) is 24.6 Å². The van der Waals surface area contributed by atoms with Crippen LogP contribution >= 0.6 is 11.8 Å². The molecule has 0 saturated carbocycles. The summed E-state index contributed by atoms with van der Waals surface area (Å²) in [5, 5.41) is 4.51. The zero-order valence-corrected chi connectivity index (χ0v) is 13.5. The van der Waals surface area contributed by atoms with Gasteiger partial charge in [0.25, 0.3) is 0 Å². The van der Waals surface area contributed by atoms with Crippen LogP contribution in [0.15, 0.2) is 41.8 Å². The van der Waals surface area contributed by atoms with Crippen LogP contribution in [0.5, 0.6) is 5.75 Å². The molecule has 0 saturated heterocycles. The quantitative estimate of drug-likeness (QED) is 0.628. The third-order valence-electron chi connectivity index (χ3n) is 3.16. The van der Waals surface area contributed by atoms with Gasteiger partial charge in [-0.05, 0) is 25.6 Å². The van der Waals surface area contributed by atoms with E-state index in [1.165, 1.54) is 11.1 Å². The maximum atomic E-state index is 5.50. The first-order valence-corrected chi connectivity index (χ1v) is 8.00. The van der Waals surface area contributed by atoms with Crippen LogP contribution in [0.4, 0.5) is 0 Å². The summed E-state index contributed by atoms with van der Waals surface area (Å²) in [5.74, 6) is 1.82. The summed E-state index contributed by atoms with van der Waals surface area (Å²) in [6.45, 7) is 5.13. The first kappa shape index (κ1) is 15.8. The van der Waals surface area contributed by atoms with Crippen LogP contribution in [0.3, 0.4) is 0 Å². The highest BCUT2D eigenvalue weighted by molar-refractivity contribution is 7.99. The van der Waals surface area contributed by atoms with Crippen molar-refractivity contribution in [2.75, 3.05) is 19.4 Å². The van der Waals surface area contributed by atoms with E-state index in [0.29, 0.717) is 0 Å². The van der Waals surface area contributed by atoms with E-state index >= 15 is 0 Å². The number of ether oxygens (including phenoxy) is 1. The van der Waals surface area contributed by atoms with Crippen LogP contribution in [0, 0.1) is 6.92 Å². The molecule has 1 aromatic heterocycles. The lowest BCUT2D eigenvalue weighted by molar-refractivity contribution is 0.403. The Labute approximate surface area is 130 Å². The Hall–Kier alpha value is -1.59. The van der Waals surface area contributed by atoms with Gasteiger partial charge in [0.1, 0.15) is 12.1 Å². The summed E-state index contributed by atoms with van der Waals surface area (Å²) >= 11 is 1.72. The number of thioether (sulfide) groups is 1. The second-order valence-electron chi connectivity index (χ2n) is 4.71. The van der Waals surface area contributed by atoms with E-state index in [9.17, 15) is 0 Å². The largest absolute Gasteiger partial charge is 0.496 e. The Bertz CT molecular complexity index is 563. The molecule has 2 aromatic rings. The van der Waals surface area contributed by atoms with Crippen molar-refractivity contribution in [2.45, 2.75) is 24.9 Å². The molecular weight excluding hydrogens is 282 g/mol. The van der Waals surface area contributed by atoms with Crippen LogP contribution in [0.25, 0.3) is 0 Å². The molecule has 2 rings (SSSR count). The third kappa shape index (κ3) is 4.44. The fourth-order valence-electron chi connectivity index (χ4n) is 2.16. The number of aromatic nitrogens is 2. The minimum atomic E-state index is 0.227. The Morgan fingerprint density at radius 1 is 1.33 bits per heavy atom. The van der Waals surface area contributed by atoms with Crippen molar-refractivity contribution in [1.82, 2.24) is 15.3 Å². The molecule has 0 radical (unpaired) electrons. The van der Waals surface area contributed by atoms with Crippen LogP contribution < -0.4 is 10.1 Å². The van der Waals surface area contributed by atoms with Crippen molar-refractivity contribution in [3.05, 3.63) is 47.9 Å². The minimum absolute atomic E-state index is 0.227. The van der Waals surface area contributed by atoms with Crippen molar-refractivity contribution < 1.29 is 4.74 Å². The van der Waals surface area contributed by atoms with E-state index in [-0.39, 0.29) is 6.04 Å². The molecule has 1 atom stereocenters. The fraction of sp³-hybridized carbons (Fsp3) is 0.375. The van der Waals surface area contributed by atoms with Crippen LogP contribution in [-0.4, -0.2) is 29.4 Å². The standard InChI is InChI=1S/C16H21N3OS/c1-4-18-14(10-21-16-7-8-17-11-19-16)13-9-12(2)5-6-15(13)20-3/h5-9,11,14,18H,4,10H2,1-3H3. The van der Waals surface area contributed by atoms with Gasteiger partial charge in [-0.3, -0.25) is 0 Å². The van der Waals surface area contributed by atoms with Crippen LogP contribution in [0.2, 0.25) is 0 Å². The van der Waals surface area contributed by atoms with Crippen LogP contribution in [-0.2, 0) is 0 Å². The lowest BCUT2D eigenvalue weighted by atomic mass is 10.0. The van der Waals surface area contributed by atoms with Gasteiger partial charge in [0.05, 0.1) is 12.1 Å². The summed E-state index contributed by atoms with van der Waals surface area (Å²) < 4.78 is 5.50. The van der Waals surface area contributed by atoms with Crippen LogP contribution in [0.1, 0.15) is 24.1 Å². The van der Waals surface area contributed by atoms with Crippen molar-refractivity contribution in [3.8, 4) is 5.75 Å². The van der Waals surface area contributed by atoms with Gasteiger partial charge < -0.3 is 10.1 Å². The molecule has 0 spiro atoms. The van der Waals surface area contributed by atoms with E-state index in [2.05, 4.69) is 41.3 Å². The summed E-state index contributed by atoms with van der Waals surface area (Å²) in [5.41, 5.74) is 2.43. The Kier molecular flexibility index (Phi) is 6.02. The van der Waals surface area contributed by atoms with Crippen molar-refractivity contribution in [3.63, 3.8) is 0 Å². The first-order valence-electron chi connectivity index (χ1n) is 7.01. The second kappa shape index (κ2) is 8.00. The van der Waals surface area contributed by atoms with Gasteiger partial charge in [-0.25, -0.2) is 9.97 Å². The number of hydrogen-bond donors (Lipinski definition) is 1. The smallest absolute Gasteiger partial charge is 0.123 e. The number of nitrogens with zero attached hydrogens (tertiary/aromatic N) is 2. The van der Waals surface area contributed by atoms with E-state index in [4.69, 9.17) is 4.74 Å². The average molecular weight is 303 g/mol. The molecule has 112 valence electrons. The predicted molar refractivity (Wildman–Crippen MR) is 86.9 cm³/mol. The topological polar surface area (TPSA) is 47.0 Å². The Morgan fingerprint density at radius 2 is 2.19 bits per heavy atom. The van der Waals surface area contributed by atoms with E-state index in [1.807, 2.05) is 12.1 Å². The Morgan fingerprint density at radius 3 is 2.86 bits per heavy atom. The molecule has 0 aliphatic heterocycles. The second-order valence-corrected chi connectivity index (χ2v) is 5.75. The molecule has 4 nitrogen and oxygen atoms in total. The summed E-state index contributed by atoms with van der Waals surface area (Å²) in [6, 6.07) is 8.45. The molecule has 5 heteroatoms. The summed E-state index contributed by atoms with van der Waals surface area (Å²) in [4.78, 5) is 8.20. The van der Waals surface area contributed by atoms with E-state index in [1.54, 1.807) is 31.4 Å². The number of benzene rings is 1. The number of aryl methyl sites for hydroxylation is 1. The van der Waals surface area contributed by atoms with Crippen molar-refractivity contribution in [1.29, 1.82) is 0 Å². The highest BCUT2D eigenvalue weighted by Gasteiger charge is 2.16. The Balaban J connectivity index is 2.16. The van der Waals surface area contributed by atoms with Gasteiger partial charge in [-0.15, -0.1) is 11.8 Å². The molecule has 1 heterocycles. The van der Waals surface area contributed by atoms with Crippen molar-refractivity contribution >= 4 is 11.8 Å². The monoisotopic (exact) mass is 303 g/mol. The molecule has 0 amide bonds. The zero-order chi connectivity index (χ0) is 15.1. The third-order valence-corrected chi connectivity index (χ3v) is 4.20. The SMILES string of the molecule is CCNC(CSc1ccncn1)c1cc(C)ccc1OC. The molecule has 1 N–H and O–H groups in total. The maximum Gasteiger partial charge on any atom is 0.123 e. The first-order chi connectivity index (χ1) is 10.2. The molecule has 0 bridgehead atoms. The molecule has 0 aliphatic carbocycles. The summed E-state index contributed by atoms with van der Waals surface area (Å²) in [6.07, 6.45) is 3.35. The molecule has 0 fully saturated rings. The lowest BCUT2D eigenvalue weighted by Crippen LogP contribution is -2.23. The summed E-state index contributed by atoms with van der Waals surface area (Å²) in [7, 11) is 1.72. The minimum Gasteiger partial charge on any atom is -0.496 e. The number of methoxy groups -OCH3 is 1. The number of hydrogen-bond acceptors (Lipinski definition) is 5. The molecule has 1 unspecified atom stereocenters. The highest BCUT2D eigenvalue weighted by Crippen LogP contribution is 2.30.